The number of benzene rings is 2. The molecule has 0 saturated heterocycles. The van der Waals surface area contributed by atoms with Crippen LogP contribution in [0.1, 0.15) is 12.0 Å². The van der Waals surface area contributed by atoms with Gasteiger partial charge in [-0.25, -0.2) is 4.79 Å². The Labute approximate surface area is 149 Å². The number of amides is 1. The Balaban J connectivity index is 1.74. The first-order valence-electron chi connectivity index (χ1n) is 8.18. The van der Waals surface area contributed by atoms with E-state index in [0.717, 1.165) is 5.56 Å². The van der Waals surface area contributed by atoms with Gasteiger partial charge in [0.05, 0.1) is 17.5 Å². The number of aromatic nitrogens is 2. The van der Waals surface area contributed by atoms with Gasteiger partial charge in [-0.2, -0.15) is 0 Å². The fourth-order valence-corrected chi connectivity index (χ4v) is 2.81. The van der Waals surface area contributed by atoms with Gasteiger partial charge in [0.25, 0.3) is 5.56 Å². The Bertz CT molecular complexity index is 1050. The minimum absolute atomic E-state index is 0.102. The van der Waals surface area contributed by atoms with Crippen molar-refractivity contribution in [1.82, 2.24) is 9.55 Å². The number of ether oxygens (including phenoxy) is 1. The van der Waals surface area contributed by atoms with Crippen molar-refractivity contribution in [2.24, 2.45) is 0 Å². The number of nitrogens with zero attached hydrogens (tertiary/aromatic N) is 1. The molecule has 134 valence electrons. The molecule has 1 amide bonds. The predicted molar refractivity (Wildman–Crippen MR) is 99.2 cm³/mol. The molecule has 1 aromatic heterocycles. The summed E-state index contributed by atoms with van der Waals surface area (Å²) >= 11 is 0. The molecule has 0 saturated carbocycles. The van der Waals surface area contributed by atoms with Gasteiger partial charge in [-0.15, -0.1) is 0 Å². The maximum Gasteiger partial charge on any atom is 0.328 e. The van der Waals surface area contributed by atoms with Crippen LogP contribution in [0.5, 0.6) is 0 Å². The molecule has 0 aliphatic rings. The van der Waals surface area contributed by atoms with Gasteiger partial charge < -0.3 is 10.1 Å². The molecule has 0 aliphatic carbocycles. The molecule has 1 heterocycles. The summed E-state index contributed by atoms with van der Waals surface area (Å²) in [6.45, 7) is 0.627. The van der Waals surface area contributed by atoms with E-state index in [1.807, 2.05) is 18.2 Å². The molecule has 0 fully saturated rings. The van der Waals surface area contributed by atoms with Gasteiger partial charge >= 0.3 is 5.69 Å². The number of fused-ring (bicyclic) bond motifs is 1. The third kappa shape index (κ3) is 3.89. The first-order valence-corrected chi connectivity index (χ1v) is 8.18. The second kappa shape index (κ2) is 7.79. The second-order valence-electron chi connectivity index (χ2n) is 5.86. The molecule has 7 heteroatoms. The fourth-order valence-electron chi connectivity index (χ4n) is 2.81. The van der Waals surface area contributed by atoms with Gasteiger partial charge in [0.2, 0.25) is 5.91 Å². The number of nitrogens with one attached hydrogen (secondary N) is 2. The Morgan fingerprint density at radius 2 is 1.96 bits per heavy atom. The van der Waals surface area contributed by atoms with E-state index in [-0.39, 0.29) is 18.9 Å². The second-order valence-corrected chi connectivity index (χ2v) is 5.86. The lowest BCUT2D eigenvalue weighted by molar-refractivity contribution is -0.116. The largest absolute Gasteiger partial charge is 0.380 e. The van der Waals surface area contributed by atoms with Crippen LogP contribution in [0.2, 0.25) is 0 Å². The van der Waals surface area contributed by atoms with Crippen LogP contribution in [0.4, 0.5) is 5.69 Å². The number of carbonyl (C=O) groups is 1. The van der Waals surface area contributed by atoms with Crippen molar-refractivity contribution in [1.29, 1.82) is 0 Å². The van der Waals surface area contributed by atoms with Crippen LogP contribution in [-0.4, -0.2) is 22.6 Å². The SMILES string of the molecule is COCc1cccc(NC(=O)CCn2c(=O)[nH]c(=O)c3ccccc32)c1. The lowest BCUT2D eigenvalue weighted by Crippen LogP contribution is -2.31. The summed E-state index contributed by atoms with van der Waals surface area (Å²) in [5, 5.41) is 3.22. The lowest BCUT2D eigenvalue weighted by Gasteiger charge is -2.10. The molecule has 2 N–H and O–H groups in total. The number of carbonyl (C=O) groups excluding carboxylic acids is 1. The number of H-pyrrole nitrogens is 1. The van der Waals surface area contributed by atoms with Crippen LogP contribution in [-0.2, 0) is 22.7 Å². The highest BCUT2D eigenvalue weighted by Gasteiger charge is 2.09. The van der Waals surface area contributed by atoms with Gasteiger partial charge in [0.1, 0.15) is 0 Å². The van der Waals surface area contributed by atoms with E-state index in [1.54, 1.807) is 37.4 Å². The number of hydrogen-bond acceptors (Lipinski definition) is 4. The first kappa shape index (κ1) is 17.6. The molecular formula is C19H19N3O4. The Morgan fingerprint density at radius 3 is 2.77 bits per heavy atom. The van der Waals surface area contributed by atoms with Crippen LogP contribution >= 0.6 is 0 Å². The van der Waals surface area contributed by atoms with Crippen molar-refractivity contribution in [3.8, 4) is 0 Å². The minimum Gasteiger partial charge on any atom is -0.380 e. The Hall–Kier alpha value is -3.19. The topological polar surface area (TPSA) is 93.2 Å². The summed E-state index contributed by atoms with van der Waals surface area (Å²) < 4.78 is 6.48. The molecule has 7 nitrogen and oxygen atoms in total. The molecule has 0 unspecified atom stereocenters. The van der Waals surface area contributed by atoms with Crippen LogP contribution in [0.3, 0.4) is 0 Å². The van der Waals surface area contributed by atoms with Crippen molar-refractivity contribution in [3.05, 3.63) is 74.9 Å². The zero-order chi connectivity index (χ0) is 18.5. The summed E-state index contributed by atoms with van der Waals surface area (Å²) in [5.41, 5.74) is 1.18. The molecular weight excluding hydrogens is 334 g/mol. The normalized spacial score (nSPS) is 10.8. The molecule has 0 spiro atoms. The highest BCUT2D eigenvalue weighted by atomic mass is 16.5. The van der Waals surface area contributed by atoms with Gasteiger partial charge in [0.15, 0.2) is 0 Å². The first-order chi connectivity index (χ1) is 12.6. The van der Waals surface area contributed by atoms with E-state index in [2.05, 4.69) is 10.3 Å². The third-order valence-corrected chi connectivity index (χ3v) is 3.99. The number of anilines is 1. The molecule has 0 aliphatic heterocycles. The van der Waals surface area contributed by atoms with Crippen LogP contribution in [0.25, 0.3) is 10.9 Å². The predicted octanol–water partition coefficient (Wildman–Crippen LogP) is 1.86. The van der Waals surface area contributed by atoms with Crippen molar-refractivity contribution in [3.63, 3.8) is 0 Å². The quantitative estimate of drug-likeness (QED) is 0.707. The molecule has 26 heavy (non-hydrogen) atoms. The summed E-state index contributed by atoms with van der Waals surface area (Å²) in [5.74, 6) is -0.221. The molecule has 3 aromatic rings. The number of hydrogen-bond donors (Lipinski definition) is 2. The number of aromatic amines is 1. The summed E-state index contributed by atoms with van der Waals surface area (Å²) in [6, 6.07) is 14.2. The standard InChI is InChI=1S/C19H19N3O4/c1-26-12-13-5-4-6-14(11-13)20-17(23)9-10-22-16-8-3-2-7-15(16)18(24)21-19(22)25/h2-8,11H,9-10,12H2,1H3,(H,20,23)(H,21,24,25). The lowest BCUT2D eigenvalue weighted by atomic mass is 10.2. The molecule has 0 atom stereocenters. The Kier molecular flexibility index (Phi) is 5.28. The monoisotopic (exact) mass is 353 g/mol. The summed E-state index contributed by atoms with van der Waals surface area (Å²) in [7, 11) is 1.61. The van der Waals surface area contributed by atoms with E-state index in [9.17, 15) is 14.4 Å². The third-order valence-electron chi connectivity index (χ3n) is 3.99. The average molecular weight is 353 g/mol. The Morgan fingerprint density at radius 1 is 1.15 bits per heavy atom. The summed E-state index contributed by atoms with van der Waals surface area (Å²) in [6.07, 6.45) is 0.102. The fraction of sp³-hybridized carbons (Fsp3) is 0.211. The van der Waals surface area contributed by atoms with Crippen molar-refractivity contribution in [2.75, 3.05) is 12.4 Å². The average Bonchev–Trinajstić information content (AvgIpc) is 2.62. The van der Waals surface area contributed by atoms with E-state index < -0.39 is 11.2 Å². The molecule has 0 bridgehead atoms. The van der Waals surface area contributed by atoms with E-state index in [1.165, 1.54) is 4.57 Å². The van der Waals surface area contributed by atoms with Crippen LogP contribution in [0, 0.1) is 0 Å². The zero-order valence-electron chi connectivity index (χ0n) is 14.3. The van der Waals surface area contributed by atoms with Crippen LogP contribution in [0.15, 0.2) is 58.1 Å². The number of methoxy groups -OCH3 is 1. The van der Waals surface area contributed by atoms with Gasteiger partial charge in [-0.1, -0.05) is 24.3 Å². The summed E-state index contributed by atoms with van der Waals surface area (Å²) in [4.78, 5) is 38.5. The van der Waals surface area contributed by atoms with Crippen molar-refractivity contribution < 1.29 is 9.53 Å². The molecule has 3 rings (SSSR count). The number of rotatable bonds is 6. The van der Waals surface area contributed by atoms with E-state index >= 15 is 0 Å². The van der Waals surface area contributed by atoms with Crippen molar-refractivity contribution >= 4 is 22.5 Å². The maximum atomic E-state index is 12.2. The smallest absolute Gasteiger partial charge is 0.328 e. The van der Waals surface area contributed by atoms with E-state index in [0.29, 0.717) is 23.2 Å². The molecule has 0 radical (unpaired) electrons. The highest BCUT2D eigenvalue weighted by molar-refractivity contribution is 5.90. The maximum absolute atomic E-state index is 12.2. The number of aryl methyl sites for hydroxylation is 1. The van der Waals surface area contributed by atoms with Gasteiger partial charge in [-0.3, -0.25) is 19.1 Å². The minimum atomic E-state index is -0.524. The van der Waals surface area contributed by atoms with Gasteiger partial charge in [0, 0.05) is 25.8 Å². The van der Waals surface area contributed by atoms with Gasteiger partial charge in [-0.05, 0) is 29.8 Å². The van der Waals surface area contributed by atoms with Crippen LogP contribution < -0.4 is 16.6 Å². The molecule has 2 aromatic carbocycles. The van der Waals surface area contributed by atoms with Crippen molar-refractivity contribution in [2.45, 2.75) is 19.6 Å². The highest BCUT2D eigenvalue weighted by Crippen LogP contribution is 2.12. The van der Waals surface area contributed by atoms with E-state index in [4.69, 9.17) is 4.74 Å². The zero-order valence-corrected chi connectivity index (χ0v) is 14.3. The number of para-hydroxylation sites is 1.